The highest BCUT2D eigenvalue weighted by Gasteiger charge is 2.30. The minimum Gasteiger partial charge on any atom is -0.480 e. The lowest BCUT2D eigenvalue weighted by molar-refractivity contribution is -0.142. The number of carbonyl (C=O) groups is 4. The number of aliphatic carboxylic acids is 1. The second kappa shape index (κ2) is 19.7. The van der Waals surface area contributed by atoms with Crippen molar-refractivity contribution in [3.8, 4) is 0 Å². The average Bonchev–Trinajstić information content (AvgIpc) is 2.87. The molecule has 0 fully saturated rings. The molecule has 0 aromatic carbocycles. The van der Waals surface area contributed by atoms with E-state index in [0.717, 1.165) is 0 Å². The standard InChI is InChI=1S/C23H46N10O5S/c1-4-13(2)17(24)20(36)32-15(8-6-11-30-23(27)28)18(34)31-14(7-5-10-29-22(25)26)19(35)33-16(21(37)38)9-12-39-3/h13-17H,4-12,24H2,1-3H3,(H,31,34)(H,32,36)(H,33,35)(H,37,38)(H4,25,26,29)(H4,27,28,30). The Labute approximate surface area is 233 Å². The summed E-state index contributed by atoms with van der Waals surface area (Å²) >= 11 is 1.44. The second-order valence-electron chi connectivity index (χ2n) is 9.11. The molecule has 0 aliphatic rings. The van der Waals surface area contributed by atoms with Crippen LogP contribution < -0.4 is 44.6 Å². The Morgan fingerprint density at radius 3 is 1.62 bits per heavy atom. The number of carbonyl (C=O) groups excluding carboxylic acids is 3. The molecule has 0 aliphatic carbocycles. The van der Waals surface area contributed by atoms with Gasteiger partial charge in [0.05, 0.1) is 6.04 Å². The predicted molar refractivity (Wildman–Crippen MR) is 154 cm³/mol. The van der Waals surface area contributed by atoms with Gasteiger partial charge in [-0.05, 0) is 50.0 Å². The number of rotatable bonds is 20. The lowest BCUT2D eigenvalue weighted by atomic mass is 9.98. The first-order valence-electron chi connectivity index (χ1n) is 12.8. The highest BCUT2D eigenvalue weighted by Crippen LogP contribution is 2.09. The molecule has 0 aromatic heterocycles. The van der Waals surface area contributed by atoms with Crippen LogP contribution in [0.3, 0.4) is 0 Å². The van der Waals surface area contributed by atoms with E-state index < -0.39 is 47.9 Å². The van der Waals surface area contributed by atoms with E-state index in [-0.39, 0.29) is 50.2 Å². The third kappa shape index (κ3) is 15.7. The van der Waals surface area contributed by atoms with E-state index in [0.29, 0.717) is 25.0 Å². The maximum Gasteiger partial charge on any atom is 0.326 e. The van der Waals surface area contributed by atoms with Gasteiger partial charge in [-0.2, -0.15) is 11.8 Å². The minimum absolute atomic E-state index is 0.106. The van der Waals surface area contributed by atoms with Crippen LogP contribution in [0.2, 0.25) is 0 Å². The summed E-state index contributed by atoms with van der Waals surface area (Å²) in [5, 5.41) is 17.3. The number of nitrogens with two attached hydrogens (primary N) is 5. The molecule has 0 heterocycles. The molecule has 0 rings (SSSR count). The van der Waals surface area contributed by atoms with Crippen molar-refractivity contribution in [2.24, 2.45) is 44.6 Å². The van der Waals surface area contributed by atoms with Crippen LogP contribution in [0.4, 0.5) is 0 Å². The van der Waals surface area contributed by atoms with Gasteiger partial charge >= 0.3 is 5.97 Å². The summed E-state index contributed by atoms with van der Waals surface area (Å²) in [5.41, 5.74) is 27.4. The quantitative estimate of drug-likeness (QED) is 0.0425. The van der Waals surface area contributed by atoms with Gasteiger partial charge in [0.1, 0.15) is 18.1 Å². The largest absolute Gasteiger partial charge is 0.480 e. The fourth-order valence-electron chi connectivity index (χ4n) is 3.36. The van der Waals surface area contributed by atoms with Gasteiger partial charge in [0.2, 0.25) is 17.7 Å². The summed E-state index contributed by atoms with van der Waals surface area (Å²) in [6, 6.07) is -4.12. The van der Waals surface area contributed by atoms with E-state index in [4.69, 9.17) is 28.7 Å². The zero-order chi connectivity index (χ0) is 30.0. The Bertz CT molecular complexity index is 849. The number of hydrogen-bond donors (Lipinski definition) is 9. The van der Waals surface area contributed by atoms with Gasteiger partial charge in [0, 0.05) is 13.1 Å². The summed E-state index contributed by atoms with van der Waals surface area (Å²) < 4.78 is 0. The molecule has 0 bridgehead atoms. The minimum atomic E-state index is -1.19. The molecule has 224 valence electrons. The van der Waals surface area contributed by atoms with Crippen molar-refractivity contribution < 1.29 is 24.3 Å². The Morgan fingerprint density at radius 2 is 1.23 bits per heavy atom. The van der Waals surface area contributed by atoms with E-state index in [9.17, 15) is 24.3 Å². The monoisotopic (exact) mass is 574 g/mol. The van der Waals surface area contributed by atoms with Gasteiger partial charge < -0.3 is 49.7 Å². The molecule has 15 nitrogen and oxygen atoms in total. The van der Waals surface area contributed by atoms with E-state index in [2.05, 4.69) is 25.9 Å². The number of nitrogens with one attached hydrogen (secondary N) is 3. The molecule has 0 radical (unpaired) electrons. The van der Waals surface area contributed by atoms with Gasteiger partial charge in [-0.1, -0.05) is 20.3 Å². The summed E-state index contributed by atoms with van der Waals surface area (Å²) in [4.78, 5) is 58.5. The van der Waals surface area contributed by atoms with Crippen molar-refractivity contribution in [2.45, 2.75) is 76.5 Å². The molecule has 0 aromatic rings. The zero-order valence-corrected chi connectivity index (χ0v) is 23.8. The van der Waals surface area contributed by atoms with Gasteiger partial charge in [-0.15, -0.1) is 0 Å². The Balaban J connectivity index is 5.77. The first-order chi connectivity index (χ1) is 18.3. The number of thioether (sulfide) groups is 1. The fraction of sp³-hybridized carbons (Fsp3) is 0.739. The predicted octanol–water partition coefficient (Wildman–Crippen LogP) is -2.24. The van der Waals surface area contributed by atoms with E-state index >= 15 is 0 Å². The smallest absolute Gasteiger partial charge is 0.326 e. The highest BCUT2D eigenvalue weighted by atomic mass is 32.2. The molecule has 0 saturated heterocycles. The molecule has 39 heavy (non-hydrogen) atoms. The first kappa shape index (κ1) is 35.7. The van der Waals surface area contributed by atoms with Gasteiger partial charge in [-0.3, -0.25) is 24.4 Å². The topological polar surface area (TPSA) is 279 Å². The van der Waals surface area contributed by atoms with Crippen molar-refractivity contribution in [3.63, 3.8) is 0 Å². The Hall–Kier alpha value is -3.27. The third-order valence-corrected chi connectivity index (χ3v) is 6.59. The van der Waals surface area contributed by atoms with Crippen LogP contribution in [0.15, 0.2) is 9.98 Å². The Kier molecular flexibility index (Phi) is 18.1. The lowest BCUT2D eigenvalue weighted by Crippen LogP contribution is -2.57. The number of carboxylic acid groups (broad SMARTS) is 1. The molecule has 14 N–H and O–H groups in total. The maximum absolute atomic E-state index is 13.3. The van der Waals surface area contributed by atoms with Crippen LogP contribution >= 0.6 is 11.8 Å². The molecule has 0 saturated carbocycles. The van der Waals surface area contributed by atoms with Crippen molar-refractivity contribution in [2.75, 3.05) is 25.1 Å². The van der Waals surface area contributed by atoms with Crippen molar-refractivity contribution >= 4 is 47.4 Å². The zero-order valence-electron chi connectivity index (χ0n) is 23.0. The molecule has 5 atom stereocenters. The number of hydrogen-bond acceptors (Lipinski definition) is 8. The van der Waals surface area contributed by atoms with Crippen LogP contribution in [-0.4, -0.2) is 90.0 Å². The van der Waals surface area contributed by atoms with Crippen molar-refractivity contribution in [1.82, 2.24) is 16.0 Å². The van der Waals surface area contributed by atoms with Crippen LogP contribution in [0.25, 0.3) is 0 Å². The Morgan fingerprint density at radius 1 is 0.795 bits per heavy atom. The maximum atomic E-state index is 13.3. The molecule has 0 spiro atoms. The third-order valence-electron chi connectivity index (χ3n) is 5.94. The van der Waals surface area contributed by atoms with Crippen LogP contribution in [0, 0.1) is 5.92 Å². The number of amides is 3. The summed E-state index contributed by atoms with van der Waals surface area (Å²) in [7, 11) is 0. The normalized spacial score (nSPS) is 14.6. The van der Waals surface area contributed by atoms with E-state index in [1.807, 2.05) is 20.1 Å². The summed E-state index contributed by atoms with van der Waals surface area (Å²) in [5.74, 6) is -2.85. The molecular formula is C23H46N10O5S. The molecule has 5 unspecified atom stereocenters. The van der Waals surface area contributed by atoms with Crippen LogP contribution in [-0.2, 0) is 19.2 Å². The fourth-order valence-corrected chi connectivity index (χ4v) is 3.83. The average molecular weight is 575 g/mol. The number of nitrogens with zero attached hydrogens (tertiary/aromatic N) is 2. The molecule has 0 aliphatic heterocycles. The number of aliphatic imine (C=N–C) groups is 2. The molecule has 3 amide bonds. The molecule has 16 heteroatoms. The van der Waals surface area contributed by atoms with Gasteiger partial charge in [0.15, 0.2) is 11.9 Å². The highest BCUT2D eigenvalue weighted by molar-refractivity contribution is 7.98. The SMILES string of the molecule is CCC(C)C(N)C(=O)NC(CCCN=C(N)N)C(=O)NC(CCCN=C(N)N)C(=O)NC(CCSC)C(=O)O. The van der Waals surface area contributed by atoms with Gasteiger partial charge in [-0.25, -0.2) is 4.79 Å². The summed E-state index contributed by atoms with van der Waals surface area (Å²) in [6.07, 6.45) is 3.64. The van der Waals surface area contributed by atoms with Crippen LogP contribution in [0.1, 0.15) is 52.4 Å². The van der Waals surface area contributed by atoms with Gasteiger partial charge in [0.25, 0.3) is 0 Å². The number of guanidine groups is 2. The first-order valence-corrected chi connectivity index (χ1v) is 14.2. The number of carboxylic acids is 1. The van der Waals surface area contributed by atoms with E-state index in [1.54, 1.807) is 0 Å². The van der Waals surface area contributed by atoms with Crippen molar-refractivity contribution in [1.29, 1.82) is 0 Å². The van der Waals surface area contributed by atoms with E-state index in [1.165, 1.54) is 11.8 Å². The van der Waals surface area contributed by atoms with Crippen LogP contribution in [0.5, 0.6) is 0 Å². The molecular weight excluding hydrogens is 528 g/mol. The summed E-state index contributed by atoms with van der Waals surface area (Å²) in [6.45, 7) is 4.13. The second-order valence-corrected chi connectivity index (χ2v) is 10.1. The van der Waals surface area contributed by atoms with Crippen molar-refractivity contribution in [3.05, 3.63) is 0 Å². The lowest BCUT2D eigenvalue weighted by Gasteiger charge is -2.26.